The van der Waals surface area contributed by atoms with Crippen LogP contribution in [-0.4, -0.2) is 13.2 Å². The molecule has 0 radical (unpaired) electrons. The Morgan fingerprint density at radius 1 is 1.53 bits per heavy atom. The molecule has 1 unspecified atom stereocenters. The number of hydrogen-bond donors (Lipinski definition) is 1. The van der Waals surface area contributed by atoms with Gasteiger partial charge in [0.25, 0.3) is 0 Å². The molecule has 1 aromatic carbocycles. The molecule has 92 valence electrons. The third-order valence-corrected chi connectivity index (χ3v) is 3.46. The zero-order valence-electron chi connectivity index (χ0n) is 10.3. The zero-order valence-corrected chi connectivity index (χ0v) is 11.9. The Morgan fingerprint density at radius 3 is 2.88 bits per heavy atom. The summed E-state index contributed by atoms with van der Waals surface area (Å²) in [4.78, 5) is 0. The Balaban J connectivity index is 2.64. The molecule has 0 aliphatic carbocycles. The standard InChI is InChI=1S/C14H18BrNO/c1-4-6-12(5-2)16-10-11-9-13(17-3)7-8-14(11)15/h1,7-9,12,16H,5-6,10H2,2-3H3. The summed E-state index contributed by atoms with van der Waals surface area (Å²) in [6.45, 7) is 2.92. The first kappa shape index (κ1) is 14.1. The number of ether oxygens (including phenoxy) is 1. The third-order valence-electron chi connectivity index (χ3n) is 2.69. The normalized spacial score (nSPS) is 11.9. The van der Waals surface area contributed by atoms with Crippen LogP contribution in [0.3, 0.4) is 0 Å². The minimum Gasteiger partial charge on any atom is -0.497 e. The molecule has 17 heavy (non-hydrogen) atoms. The molecule has 2 nitrogen and oxygen atoms in total. The van der Waals surface area contributed by atoms with Gasteiger partial charge in [0.05, 0.1) is 7.11 Å². The maximum absolute atomic E-state index is 5.33. The van der Waals surface area contributed by atoms with Crippen molar-refractivity contribution in [1.82, 2.24) is 5.32 Å². The number of hydrogen-bond acceptors (Lipinski definition) is 2. The van der Waals surface area contributed by atoms with Gasteiger partial charge in [-0.3, -0.25) is 0 Å². The lowest BCUT2D eigenvalue weighted by Crippen LogP contribution is -2.27. The fourth-order valence-electron chi connectivity index (χ4n) is 1.57. The second-order valence-corrected chi connectivity index (χ2v) is 4.71. The molecular weight excluding hydrogens is 278 g/mol. The van der Waals surface area contributed by atoms with Gasteiger partial charge in [-0.25, -0.2) is 0 Å². The molecule has 0 aliphatic heterocycles. The van der Waals surface area contributed by atoms with Gasteiger partial charge in [0, 0.05) is 23.5 Å². The van der Waals surface area contributed by atoms with Crippen LogP contribution >= 0.6 is 15.9 Å². The summed E-state index contributed by atoms with van der Waals surface area (Å²) in [5, 5.41) is 3.45. The molecule has 0 aromatic heterocycles. The lowest BCUT2D eigenvalue weighted by Gasteiger charge is -2.15. The maximum Gasteiger partial charge on any atom is 0.119 e. The Bertz CT molecular complexity index is 398. The summed E-state index contributed by atoms with van der Waals surface area (Å²) in [7, 11) is 1.67. The van der Waals surface area contributed by atoms with Crippen molar-refractivity contribution in [3.8, 4) is 18.1 Å². The van der Waals surface area contributed by atoms with Crippen LogP contribution in [-0.2, 0) is 6.54 Å². The van der Waals surface area contributed by atoms with Crippen LogP contribution in [0.15, 0.2) is 22.7 Å². The van der Waals surface area contributed by atoms with E-state index < -0.39 is 0 Å². The molecule has 1 rings (SSSR count). The highest BCUT2D eigenvalue weighted by atomic mass is 79.9. The van der Waals surface area contributed by atoms with Gasteiger partial charge in [-0.2, -0.15) is 0 Å². The van der Waals surface area contributed by atoms with Crippen molar-refractivity contribution in [2.75, 3.05) is 7.11 Å². The van der Waals surface area contributed by atoms with Crippen LogP contribution in [0.1, 0.15) is 25.3 Å². The fourth-order valence-corrected chi connectivity index (χ4v) is 1.96. The van der Waals surface area contributed by atoms with Gasteiger partial charge < -0.3 is 10.1 Å². The average Bonchev–Trinajstić information content (AvgIpc) is 2.36. The van der Waals surface area contributed by atoms with E-state index in [1.54, 1.807) is 7.11 Å². The van der Waals surface area contributed by atoms with Crippen LogP contribution in [0.2, 0.25) is 0 Å². The van der Waals surface area contributed by atoms with Crippen LogP contribution in [0.4, 0.5) is 0 Å². The lowest BCUT2D eigenvalue weighted by molar-refractivity contribution is 0.413. The molecule has 0 aliphatic rings. The van der Waals surface area contributed by atoms with Gasteiger partial charge >= 0.3 is 0 Å². The van der Waals surface area contributed by atoms with Gasteiger partial charge in [0.15, 0.2) is 0 Å². The first-order valence-corrected chi connectivity index (χ1v) is 6.49. The molecule has 1 N–H and O–H groups in total. The number of halogens is 1. The first-order valence-electron chi connectivity index (χ1n) is 5.70. The van der Waals surface area contributed by atoms with Crippen molar-refractivity contribution in [2.45, 2.75) is 32.4 Å². The highest BCUT2D eigenvalue weighted by Crippen LogP contribution is 2.22. The molecule has 1 aromatic rings. The quantitative estimate of drug-likeness (QED) is 0.813. The van der Waals surface area contributed by atoms with Gasteiger partial charge in [-0.15, -0.1) is 12.3 Å². The predicted molar refractivity (Wildman–Crippen MR) is 75.1 cm³/mol. The maximum atomic E-state index is 5.33. The van der Waals surface area contributed by atoms with E-state index in [0.29, 0.717) is 6.04 Å². The van der Waals surface area contributed by atoms with Crippen LogP contribution in [0.5, 0.6) is 5.75 Å². The molecule has 0 bridgehead atoms. The Morgan fingerprint density at radius 2 is 2.29 bits per heavy atom. The van der Waals surface area contributed by atoms with Crippen molar-refractivity contribution < 1.29 is 4.74 Å². The Labute approximate surface area is 112 Å². The Hall–Kier alpha value is -0.980. The van der Waals surface area contributed by atoms with E-state index in [1.807, 2.05) is 18.2 Å². The second kappa shape index (κ2) is 7.37. The number of terminal acetylenes is 1. The number of nitrogens with one attached hydrogen (secondary N) is 1. The molecule has 1 atom stereocenters. The summed E-state index contributed by atoms with van der Waals surface area (Å²) >= 11 is 3.53. The smallest absolute Gasteiger partial charge is 0.119 e. The number of rotatable bonds is 6. The third kappa shape index (κ3) is 4.41. The average molecular weight is 296 g/mol. The highest BCUT2D eigenvalue weighted by Gasteiger charge is 2.06. The molecule has 0 saturated heterocycles. The highest BCUT2D eigenvalue weighted by molar-refractivity contribution is 9.10. The SMILES string of the molecule is C#CCC(CC)NCc1cc(OC)ccc1Br. The van der Waals surface area contributed by atoms with Crippen molar-refractivity contribution >= 4 is 15.9 Å². The van der Waals surface area contributed by atoms with E-state index in [-0.39, 0.29) is 0 Å². The summed E-state index contributed by atoms with van der Waals surface area (Å²) in [6, 6.07) is 6.34. The lowest BCUT2D eigenvalue weighted by atomic mass is 10.1. The van der Waals surface area contributed by atoms with E-state index in [0.717, 1.165) is 29.6 Å². The minimum atomic E-state index is 0.373. The molecule has 0 amide bonds. The minimum absolute atomic E-state index is 0.373. The zero-order chi connectivity index (χ0) is 12.7. The van der Waals surface area contributed by atoms with Gasteiger partial charge in [-0.1, -0.05) is 22.9 Å². The van der Waals surface area contributed by atoms with E-state index in [2.05, 4.69) is 34.1 Å². The van der Waals surface area contributed by atoms with E-state index in [4.69, 9.17) is 11.2 Å². The summed E-state index contributed by atoms with van der Waals surface area (Å²) < 4.78 is 6.29. The molecule has 0 saturated carbocycles. The summed E-state index contributed by atoms with van der Waals surface area (Å²) in [6.07, 6.45) is 7.13. The first-order chi connectivity index (χ1) is 8.21. The van der Waals surface area contributed by atoms with Gasteiger partial charge in [-0.05, 0) is 30.2 Å². The molecule has 0 heterocycles. The van der Waals surface area contributed by atoms with Crippen molar-refractivity contribution in [3.05, 3.63) is 28.2 Å². The molecule has 0 spiro atoms. The van der Waals surface area contributed by atoms with Gasteiger partial charge in [0.2, 0.25) is 0 Å². The van der Waals surface area contributed by atoms with Crippen molar-refractivity contribution in [3.63, 3.8) is 0 Å². The molecule has 3 heteroatoms. The fraction of sp³-hybridized carbons (Fsp3) is 0.429. The van der Waals surface area contributed by atoms with Crippen LogP contribution in [0, 0.1) is 12.3 Å². The monoisotopic (exact) mass is 295 g/mol. The van der Waals surface area contributed by atoms with E-state index >= 15 is 0 Å². The molecule has 0 fully saturated rings. The van der Waals surface area contributed by atoms with Gasteiger partial charge in [0.1, 0.15) is 5.75 Å². The van der Waals surface area contributed by atoms with Crippen molar-refractivity contribution in [2.24, 2.45) is 0 Å². The second-order valence-electron chi connectivity index (χ2n) is 3.85. The predicted octanol–water partition coefficient (Wildman–Crippen LogP) is 3.35. The van der Waals surface area contributed by atoms with Crippen LogP contribution < -0.4 is 10.1 Å². The van der Waals surface area contributed by atoms with Crippen molar-refractivity contribution in [1.29, 1.82) is 0 Å². The van der Waals surface area contributed by atoms with E-state index in [9.17, 15) is 0 Å². The van der Waals surface area contributed by atoms with E-state index in [1.165, 1.54) is 5.56 Å². The topological polar surface area (TPSA) is 21.3 Å². The summed E-state index contributed by atoms with van der Waals surface area (Å²) in [5.41, 5.74) is 1.18. The number of methoxy groups -OCH3 is 1. The van der Waals surface area contributed by atoms with Crippen LogP contribution in [0.25, 0.3) is 0 Å². The molecular formula is C14H18BrNO. The Kier molecular flexibility index (Phi) is 6.10. The number of benzene rings is 1. The summed E-state index contributed by atoms with van der Waals surface area (Å²) in [5.74, 6) is 3.56. The largest absolute Gasteiger partial charge is 0.497 e.